The number of carbonyl (C=O) groups excluding carboxylic acids is 1. The minimum atomic E-state index is -0.924. The highest BCUT2D eigenvalue weighted by Gasteiger charge is 2.20. The predicted molar refractivity (Wildman–Crippen MR) is 143 cm³/mol. The van der Waals surface area contributed by atoms with Crippen LogP contribution in [0.2, 0.25) is 0 Å². The number of fused-ring (bicyclic) bond motifs is 1. The van der Waals surface area contributed by atoms with Crippen LogP contribution in [0.1, 0.15) is 21.5 Å². The molecule has 188 valence electrons. The van der Waals surface area contributed by atoms with Crippen LogP contribution in [0, 0.1) is 11.8 Å². The Balaban J connectivity index is 0.000000396. The molecular weight excluding hydrogens is 564 g/mol. The molecule has 0 bridgehead atoms. The van der Waals surface area contributed by atoms with Crippen molar-refractivity contribution in [3.05, 3.63) is 106 Å². The summed E-state index contributed by atoms with van der Waals surface area (Å²) in [5.41, 5.74) is 1.07. The summed E-state index contributed by atoms with van der Waals surface area (Å²) in [4.78, 5) is 28.6. The van der Waals surface area contributed by atoms with E-state index in [9.17, 15) is 13.6 Å². The normalized spacial score (nSPS) is 10.5. The Hall–Kier alpha value is -3.83. The molecule has 0 amide bonds. The van der Waals surface area contributed by atoms with E-state index in [1.54, 1.807) is 12.3 Å². The second kappa shape index (κ2) is 11.9. The van der Waals surface area contributed by atoms with Gasteiger partial charge in [-0.25, -0.2) is 19.3 Å². The van der Waals surface area contributed by atoms with Gasteiger partial charge in [-0.3, -0.25) is 4.79 Å². The van der Waals surface area contributed by atoms with Crippen LogP contribution in [0.15, 0.2) is 82.6 Å². The third kappa shape index (κ3) is 6.49. The number of nitrogens with one attached hydrogen (secondary N) is 2. The van der Waals surface area contributed by atoms with Gasteiger partial charge in [0.05, 0.1) is 18.9 Å². The molecule has 0 atom stereocenters. The Morgan fingerprint density at radius 1 is 1.08 bits per heavy atom. The summed E-state index contributed by atoms with van der Waals surface area (Å²) in [6, 6.07) is 15.6. The zero-order valence-corrected chi connectivity index (χ0v) is 21.9. The minimum absolute atomic E-state index is 0.107. The zero-order valence-electron chi connectivity index (χ0n) is 19.4. The molecule has 5 rings (SSSR count). The molecule has 2 N–H and O–H groups in total. The lowest BCUT2D eigenvalue weighted by Gasteiger charge is -2.10. The number of aromatic amines is 1. The highest BCUT2D eigenvalue weighted by molar-refractivity contribution is 9.10. The summed E-state index contributed by atoms with van der Waals surface area (Å²) in [5, 5.41) is 3.44. The van der Waals surface area contributed by atoms with Crippen LogP contribution in [0.4, 0.5) is 14.6 Å². The second-order valence-electron chi connectivity index (χ2n) is 7.63. The van der Waals surface area contributed by atoms with E-state index in [1.807, 2.05) is 30.3 Å². The molecule has 0 fully saturated rings. The zero-order chi connectivity index (χ0) is 26.4. The highest BCUT2D eigenvalue weighted by Crippen LogP contribution is 2.24. The van der Waals surface area contributed by atoms with E-state index < -0.39 is 17.5 Å². The molecule has 1 aromatic carbocycles. The third-order valence-corrected chi connectivity index (χ3v) is 5.87. The fourth-order valence-electron chi connectivity index (χ4n) is 3.41. The highest BCUT2D eigenvalue weighted by atomic mass is 79.9. The lowest BCUT2D eigenvalue weighted by molar-refractivity contribution is 0.103. The number of ether oxygens (including phenoxy) is 1. The van der Waals surface area contributed by atoms with Crippen molar-refractivity contribution in [3.63, 3.8) is 0 Å². The van der Waals surface area contributed by atoms with E-state index >= 15 is 0 Å². The number of carbonyl (C=O) groups is 1. The average molecular weight is 584 g/mol. The van der Waals surface area contributed by atoms with Crippen molar-refractivity contribution in [2.75, 3.05) is 12.4 Å². The maximum atomic E-state index is 14.6. The molecule has 0 radical (unpaired) electrons. The van der Waals surface area contributed by atoms with E-state index in [0.717, 1.165) is 11.1 Å². The van der Waals surface area contributed by atoms with Gasteiger partial charge in [0.25, 0.3) is 0 Å². The smallest absolute Gasteiger partial charge is 0.226 e. The van der Waals surface area contributed by atoms with Crippen molar-refractivity contribution in [2.45, 2.75) is 11.4 Å². The minimum Gasteiger partial charge on any atom is -0.481 e. The van der Waals surface area contributed by atoms with Crippen LogP contribution in [0.5, 0.6) is 5.88 Å². The number of ketones is 1. The molecule has 4 aromatic heterocycles. The molecule has 4 heterocycles. The van der Waals surface area contributed by atoms with Crippen LogP contribution >= 0.6 is 28.6 Å². The maximum absolute atomic E-state index is 14.6. The van der Waals surface area contributed by atoms with Gasteiger partial charge in [-0.05, 0) is 52.3 Å². The Morgan fingerprint density at radius 2 is 1.86 bits per heavy atom. The molecule has 0 unspecified atom stereocenters. The Morgan fingerprint density at radius 3 is 2.54 bits per heavy atom. The summed E-state index contributed by atoms with van der Waals surface area (Å²) in [6.07, 6.45) is 4.12. The van der Waals surface area contributed by atoms with Gasteiger partial charge in [0.15, 0.2) is 5.78 Å². The van der Waals surface area contributed by atoms with Crippen molar-refractivity contribution in [2.24, 2.45) is 0 Å². The summed E-state index contributed by atoms with van der Waals surface area (Å²) < 4.78 is 33.8. The number of rotatable bonds is 6. The number of methoxy groups -OCH3 is 1. The first-order valence-electron chi connectivity index (χ1n) is 10.9. The number of benzene rings is 1. The van der Waals surface area contributed by atoms with Crippen molar-refractivity contribution in [1.82, 2.24) is 19.9 Å². The van der Waals surface area contributed by atoms with Crippen LogP contribution in [0.25, 0.3) is 11.0 Å². The van der Waals surface area contributed by atoms with Gasteiger partial charge >= 0.3 is 0 Å². The topological polar surface area (TPSA) is 92.8 Å². The number of H-pyrrole nitrogens is 1. The summed E-state index contributed by atoms with van der Waals surface area (Å²) >= 11 is 7.40. The number of hydrogen-bond donors (Lipinski definition) is 3. The molecule has 0 saturated carbocycles. The summed E-state index contributed by atoms with van der Waals surface area (Å²) in [5.74, 6) is -1.54. The van der Waals surface area contributed by atoms with E-state index in [2.05, 4.69) is 53.8 Å². The largest absolute Gasteiger partial charge is 0.481 e. The van der Waals surface area contributed by atoms with Gasteiger partial charge < -0.3 is 15.0 Å². The molecule has 0 aliphatic heterocycles. The van der Waals surface area contributed by atoms with Crippen molar-refractivity contribution in [1.29, 1.82) is 0 Å². The maximum Gasteiger partial charge on any atom is 0.226 e. The first-order valence-corrected chi connectivity index (χ1v) is 12.1. The molecule has 11 heteroatoms. The van der Waals surface area contributed by atoms with E-state index in [4.69, 9.17) is 4.74 Å². The number of hydrogen-bond acceptors (Lipinski definition) is 7. The monoisotopic (exact) mass is 583 g/mol. The SMILES string of the molecule is COc1ncc(F)cc1CNc1ccc(C(=O)c2c[nH]c3ncc(Br)cc23)c(F)n1.Sc1ccccc1. The molecule has 0 spiro atoms. The van der Waals surface area contributed by atoms with Gasteiger partial charge in [-0.2, -0.15) is 4.39 Å². The van der Waals surface area contributed by atoms with Crippen LogP contribution in [0.3, 0.4) is 0 Å². The first kappa shape index (κ1) is 26.2. The van der Waals surface area contributed by atoms with Crippen LogP contribution in [-0.2, 0) is 6.54 Å². The molecule has 0 aliphatic rings. The standard InChI is InChI=1S/C20H14BrF2N5O2.C6H6S/c1-30-20-10(4-12(22)8-27-20)6-24-16-3-2-13(18(23)28-16)17(29)15-9-26-19-14(15)5-11(21)7-25-19;7-6-4-2-1-3-5-6/h2-5,7-9H,6H2,1H3,(H,24,28)(H,25,26);1-5,7H. The van der Waals surface area contributed by atoms with Gasteiger partial charge in [-0.15, -0.1) is 12.6 Å². The number of aromatic nitrogens is 4. The number of nitrogens with zero attached hydrogens (tertiary/aromatic N) is 3. The molecular formula is C26H20BrF2N5O2S. The lowest BCUT2D eigenvalue weighted by Crippen LogP contribution is -2.09. The average Bonchev–Trinajstić information content (AvgIpc) is 3.31. The van der Waals surface area contributed by atoms with Gasteiger partial charge in [0.2, 0.25) is 11.8 Å². The lowest BCUT2D eigenvalue weighted by atomic mass is 10.0. The number of anilines is 1. The first-order chi connectivity index (χ1) is 17.9. The Kier molecular flexibility index (Phi) is 8.47. The molecule has 0 saturated heterocycles. The quantitative estimate of drug-likeness (QED) is 0.125. The van der Waals surface area contributed by atoms with Gasteiger partial charge in [0.1, 0.15) is 17.3 Å². The summed E-state index contributed by atoms with van der Waals surface area (Å²) in [7, 11) is 1.42. The van der Waals surface area contributed by atoms with E-state index in [-0.39, 0.29) is 29.4 Å². The fourth-order valence-corrected chi connectivity index (χ4v) is 3.91. The van der Waals surface area contributed by atoms with Crippen molar-refractivity contribution >= 4 is 51.2 Å². The Bertz CT molecular complexity index is 1550. The Labute approximate surface area is 224 Å². The number of halogens is 3. The summed E-state index contributed by atoms with van der Waals surface area (Å²) in [6.45, 7) is 0.107. The fraction of sp³-hybridized carbons (Fsp3) is 0.0769. The number of thiol groups is 1. The predicted octanol–water partition coefficient (Wildman–Crippen LogP) is 6.22. The molecule has 5 aromatic rings. The molecule has 37 heavy (non-hydrogen) atoms. The van der Waals surface area contributed by atoms with Crippen molar-refractivity contribution < 1.29 is 18.3 Å². The van der Waals surface area contributed by atoms with E-state index in [1.165, 1.54) is 31.5 Å². The van der Waals surface area contributed by atoms with Crippen LogP contribution in [-0.4, -0.2) is 32.8 Å². The second-order valence-corrected chi connectivity index (χ2v) is 9.06. The van der Waals surface area contributed by atoms with Gasteiger partial charge in [0, 0.05) is 44.8 Å². The van der Waals surface area contributed by atoms with E-state index in [0.29, 0.717) is 21.1 Å². The number of pyridine rings is 3. The van der Waals surface area contributed by atoms with Crippen molar-refractivity contribution in [3.8, 4) is 5.88 Å². The third-order valence-electron chi connectivity index (χ3n) is 5.14. The molecule has 7 nitrogen and oxygen atoms in total. The molecule has 0 aliphatic carbocycles. The van der Waals surface area contributed by atoms with Crippen LogP contribution < -0.4 is 10.1 Å². The van der Waals surface area contributed by atoms with Gasteiger partial charge in [-0.1, -0.05) is 18.2 Å².